The van der Waals surface area contributed by atoms with Crippen molar-refractivity contribution in [2.75, 3.05) is 0 Å². The van der Waals surface area contributed by atoms with Crippen molar-refractivity contribution in [3.05, 3.63) is 64.4 Å². The summed E-state index contributed by atoms with van der Waals surface area (Å²) in [4.78, 5) is 0. The molecule has 2 rings (SSSR count). The van der Waals surface area contributed by atoms with E-state index in [1.807, 2.05) is 24.3 Å². The fourth-order valence-electron chi connectivity index (χ4n) is 1.51. The average Bonchev–Trinajstić information content (AvgIpc) is 2.40. The maximum absolute atomic E-state index is 13.0. The van der Waals surface area contributed by atoms with Crippen LogP contribution in [0.5, 0.6) is 5.75 Å². The van der Waals surface area contributed by atoms with Crippen molar-refractivity contribution < 1.29 is 9.13 Å². The lowest BCUT2D eigenvalue weighted by atomic mass is 10.2. The Kier molecular flexibility index (Phi) is 4.45. The van der Waals surface area contributed by atoms with Crippen molar-refractivity contribution in [2.24, 2.45) is 0 Å². The maximum Gasteiger partial charge on any atom is 0.141 e. The molecule has 0 aliphatic carbocycles. The minimum atomic E-state index is -0.426. The predicted octanol–water partition coefficient (Wildman–Crippen LogP) is 4.80. The first-order valence-electron chi connectivity index (χ1n) is 5.40. The van der Waals surface area contributed by atoms with Crippen LogP contribution in [0.3, 0.4) is 0 Å². The second-order valence-corrected chi connectivity index (χ2v) is 4.49. The monoisotopic (exact) mass is 284 g/mol. The average molecular weight is 285 g/mol. The van der Waals surface area contributed by atoms with E-state index in [0.717, 1.165) is 16.9 Å². The quantitative estimate of drug-likeness (QED) is 0.733. The van der Waals surface area contributed by atoms with Crippen LogP contribution in [0.4, 0.5) is 4.39 Å². The molecule has 2 aromatic carbocycles. The Morgan fingerprint density at radius 3 is 2.61 bits per heavy atom. The van der Waals surface area contributed by atoms with E-state index in [1.54, 1.807) is 12.1 Å². The van der Waals surface area contributed by atoms with Crippen molar-refractivity contribution in [3.8, 4) is 5.75 Å². The summed E-state index contributed by atoms with van der Waals surface area (Å²) in [6.45, 7) is 0.339. The Balaban J connectivity index is 2.04. The number of ether oxygens (including phenoxy) is 1. The van der Waals surface area contributed by atoms with Crippen LogP contribution >= 0.6 is 23.2 Å². The summed E-state index contributed by atoms with van der Waals surface area (Å²) >= 11 is 11.4. The number of hydrogen-bond acceptors (Lipinski definition) is 1. The molecule has 0 aliphatic rings. The van der Waals surface area contributed by atoms with Crippen molar-refractivity contribution >= 4 is 23.2 Å². The van der Waals surface area contributed by atoms with Crippen LogP contribution in [0.2, 0.25) is 5.02 Å². The molecule has 0 saturated heterocycles. The van der Waals surface area contributed by atoms with E-state index in [4.69, 9.17) is 27.9 Å². The van der Waals surface area contributed by atoms with Gasteiger partial charge in [-0.25, -0.2) is 4.39 Å². The lowest BCUT2D eigenvalue weighted by Gasteiger charge is -2.07. The molecule has 0 saturated carbocycles. The standard InChI is InChI=1S/C14H11Cl2FO/c15-8-10-2-1-3-12(6-10)18-9-11-4-5-14(17)13(16)7-11/h1-7H,8-9H2. The first-order valence-corrected chi connectivity index (χ1v) is 6.32. The van der Waals surface area contributed by atoms with Gasteiger partial charge in [-0.15, -0.1) is 11.6 Å². The molecular formula is C14H11Cl2FO. The van der Waals surface area contributed by atoms with Crippen LogP contribution < -0.4 is 4.74 Å². The highest BCUT2D eigenvalue weighted by Crippen LogP contribution is 2.19. The van der Waals surface area contributed by atoms with Gasteiger partial charge in [0.25, 0.3) is 0 Å². The minimum Gasteiger partial charge on any atom is -0.489 e. The zero-order chi connectivity index (χ0) is 13.0. The van der Waals surface area contributed by atoms with Crippen LogP contribution in [0, 0.1) is 5.82 Å². The van der Waals surface area contributed by atoms with Gasteiger partial charge in [-0.3, -0.25) is 0 Å². The van der Waals surface area contributed by atoms with Crippen molar-refractivity contribution in [2.45, 2.75) is 12.5 Å². The number of rotatable bonds is 4. The van der Waals surface area contributed by atoms with E-state index in [1.165, 1.54) is 6.07 Å². The Morgan fingerprint density at radius 1 is 1.06 bits per heavy atom. The summed E-state index contributed by atoms with van der Waals surface area (Å²) in [5.74, 6) is 0.748. The van der Waals surface area contributed by atoms with Gasteiger partial charge in [-0.2, -0.15) is 0 Å². The predicted molar refractivity (Wildman–Crippen MR) is 71.7 cm³/mol. The van der Waals surface area contributed by atoms with E-state index < -0.39 is 5.82 Å². The number of halogens is 3. The molecule has 0 N–H and O–H groups in total. The number of alkyl halides is 1. The summed E-state index contributed by atoms with van der Waals surface area (Å²) in [6, 6.07) is 12.1. The van der Waals surface area contributed by atoms with Gasteiger partial charge < -0.3 is 4.74 Å². The second-order valence-electron chi connectivity index (χ2n) is 3.82. The molecule has 0 bridgehead atoms. The molecule has 0 aliphatic heterocycles. The van der Waals surface area contributed by atoms with Gasteiger partial charge in [0.05, 0.1) is 5.02 Å². The molecule has 0 aromatic heterocycles. The summed E-state index contributed by atoms with van der Waals surface area (Å²) in [5.41, 5.74) is 1.81. The van der Waals surface area contributed by atoms with Crippen molar-refractivity contribution in [3.63, 3.8) is 0 Å². The zero-order valence-corrected chi connectivity index (χ0v) is 11.0. The Bertz CT molecular complexity index is 543. The van der Waals surface area contributed by atoms with Gasteiger partial charge in [0, 0.05) is 5.88 Å². The third-order valence-electron chi connectivity index (χ3n) is 2.44. The van der Waals surface area contributed by atoms with Crippen LogP contribution in [-0.4, -0.2) is 0 Å². The van der Waals surface area contributed by atoms with Gasteiger partial charge in [0.2, 0.25) is 0 Å². The van der Waals surface area contributed by atoms with E-state index in [-0.39, 0.29) is 5.02 Å². The molecule has 0 radical (unpaired) electrons. The second kappa shape index (κ2) is 6.07. The lowest BCUT2D eigenvalue weighted by molar-refractivity contribution is 0.306. The Labute approximate surface area is 115 Å². The van der Waals surface area contributed by atoms with Crippen LogP contribution in [0.1, 0.15) is 11.1 Å². The molecule has 4 heteroatoms. The smallest absolute Gasteiger partial charge is 0.141 e. The maximum atomic E-state index is 13.0. The van der Waals surface area contributed by atoms with E-state index in [2.05, 4.69) is 0 Å². The topological polar surface area (TPSA) is 9.23 Å². The molecule has 1 nitrogen and oxygen atoms in total. The van der Waals surface area contributed by atoms with Crippen molar-refractivity contribution in [1.29, 1.82) is 0 Å². The first-order chi connectivity index (χ1) is 8.69. The molecule has 0 amide bonds. The van der Waals surface area contributed by atoms with E-state index in [9.17, 15) is 4.39 Å². The molecule has 0 atom stereocenters. The summed E-state index contributed by atoms with van der Waals surface area (Å²) in [7, 11) is 0. The van der Waals surface area contributed by atoms with Gasteiger partial charge in [0.15, 0.2) is 0 Å². The fourth-order valence-corrected chi connectivity index (χ4v) is 1.88. The summed E-state index contributed by atoms with van der Waals surface area (Å²) < 4.78 is 18.6. The van der Waals surface area contributed by atoms with Gasteiger partial charge in [-0.1, -0.05) is 29.8 Å². The fraction of sp³-hybridized carbons (Fsp3) is 0.143. The van der Waals surface area contributed by atoms with E-state index in [0.29, 0.717) is 12.5 Å². The zero-order valence-electron chi connectivity index (χ0n) is 9.50. The molecule has 2 aromatic rings. The first kappa shape index (κ1) is 13.2. The Morgan fingerprint density at radius 2 is 1.89 bits per heavy atom. The van der Waals surface area contributed by atoms with Crippen LogP contribution in [0.15, 0.2) is 42.5 Å². The minimum absolute atomic E-state index is 0.102. The van der Waals surface area contributed by atoms with Crippen LogP contribution in [-0.2, 0) is 12.5 Å². The van der Waals surface area contributed by atoms with Crippen molar-refractivity contribution in [1.82, 2.24) is 0 Å². The van der Waals surface area contributed by atoms with Crippen LogP contribution in [0.25, 0.3) is 0 Å². The molecule has 0 spiro atoms. The molecule has 94 valence electrons. The number of benzene rings is 2. The normalized spacial score (nSPS) is 10.4. The van der Waals surface area contributed by atoms with Gasteiger partial charge >= 0.3 is 0 Å². The van der Waals surface area contributed by atoms with Gasteiger partial charge in [0.1, 0.15) is 18.2 Å². The SMILES string of the molecule is Fc1ccc(COc2cccc(CCl)c2)cc1Cl. The lowest BCUT2D eigenvalue weighted by Crippen LogP contribution is -1.96. The highest BCUT2D eigenvalue weighted by atomic mass is 35.5. The van der Waals surface area contributed by atoms with Gasteiger partial charge in [-0.05, 0) is 35.4 Å². The Hall–Kier alpha value is -1.25. The molecule has 18 heavy (non-hydrogen) atoms. The number of hydrogen-bond donors (Lipinski definition) is 0. The molecule has 0 heterocycles. The highest BCUT2D eigenvalue weighted by molar-refractivity contribution is 6.30. The third-order valence-corrected chi connectivity index (χ3v) is 3.04. The largest absolute Gasteiger partial charge is 0.489 e. The summed E-state index contributed by atoms with van der Waals surface area (Å²) in [5, 5.41) is 0.102. The molecule has 0 unspecified atom stereocenters. The molecule has 0 fully saturated rings. The molecular weight excluding hydrogens is 274 g/mol. The third kappa shape index (κ3) is 3.37. The summed E-state index contributed by atoms with van der Waals surface area (Å²) in [6.07, 6.45) is 0. The highest BCUT2D eigenvalue weighted by Gasteiger charge is 2.02. The van der Waals surface area contributed by atoms with E-state index >= 15 is 0 Å².